The first-order valence-corrected chi connectivity index (χ1v) is 20.7. The van der Waals surface area contributed by atoms with E-state index in [9.17, 15) is 5.26 Å². The molecule has 3 aromatic heterocycles. The molecule has 12 aromatic rings. The molecule has 6 heteroatoms. The number of fused-ring (bicyclic) bond motifs is 8. The number of hydrogen-bond donors (Lipinski definition) is 0. The molecule has 0 N–H and O–H groups in total. The number of nitrogens with zero attached hydrogens (tertiary/aromatic N) is 6. The van der Waals surface area contributed by atoms with Gasteiger partial charge in [-0.1, -0.05) is 158 Å². The summed E-state index contributed by atoms with van der Waals surface area (Å²) in [5.74, 6) is 1.56. The van der Waals surface area contributed by atoms with Gasteiger partial charge in [0.1, 0.15) is 0 Å². The van der Waals surface area contributed by atoms with Crippen LogP contribution in [0.15, 0.2) is 206 Å². The molecule has 0 aliphatic heterocycles. The van der Waals surface area contributed by atoms with E-state index < -0.39 is 0 Å². The summed E-state index contributed by atoms with van der Waals surface area (Å²) in [7, 11) is 0. The smallest absolute Gasteiger partial charge is 0.166 e. The second-order valence-corrected chi connectivity index (χ2v) is 15.5. The van der Waals surface area contributed by atoms with Gasteiger partial charge in [0.25, 0.3) is 0 Å². The minimum absolute atomic E-state index is 0.473. The predicted molar refractivity (Wildman–Crippen MR) is 252 cm³/mol. The van der Waals surface area contributed by atoms with Crippen molar-refractivity contribution in [2.45, 2.75) is 0 Å². The lowest BCUT2D eigenvalue weighted by Gasteiger charge is -2.16. The van der Waals surface area contributed by atoms with E-state index in [1.54, 1.807) is 0 Å². The van der Waals surface area contributed by atoms with Crippen LogP contribution in [-0.2, 0) is 0 Å². The van der Waals surface area contributed by atoms with Gasteiger partial charge in [-0.2, -0.15) is 5.26 Å². The molecule has 3 heterocycles. The molecule has 288 valence electrons. The van der Waals surface area contributed by atoms with Crippen molar-refractivity contribution >= 4 is 54.4 Å². The van der Waals surface area contributed by atoms with Gasteiger partial charge in [-0.25, -0.2) is 15.0 Å². The van der Waals surface area contributed by atoms with Crippen LogP contribution in [0.3, 0.4) is 0 Å². The third-order valence-electron chi connectivity index (χ3n) is 12.0. The first-order valence-electron chi connectivity index (χ1n) is 20.7. The lowest BCUT2D eigenvalue weighted by Crippen LogP contribution is -2.04. The van der Waals surface area contributed by atoms with Gasteiger partial charge < -0.3 is 9.13 Å². The molecule has 0 aliphatic rings. The summed E-state index contributed by atoms with van der Waals surface area (Å²) in [4.78, 5) is 15.7. The number of para-hydroxylation sites is 2. The highest BCUT2D eigenvalue weighted by Gasteiger charge is 2.24. The van der Waals surface area contributed by atoms with Gasteiger partial charge in [0, 0.05) is 43.9 Å². The number of nitriles is 1. The molecule has 0 bridgehead atoms. The van der Waals surface area contributed by atoms with Crippen molar-refractivity contribution in [1.82, 2.24) is 24.1 Å². The Kier molecular flexibility index (Phi) is 8.12. The van der Waals surface area contributed by atoms with Crippen molar-refractivity contribution in [3.05, 3.63) is 212 Å². The summed E-state index contributed by atoms with van der Waals surface area (Å²) < 4.78 is 4.73. The van der Waals surface area contributed by atoms with Gasteiger partial charge in [-0.15, -0.1) is 0 Å². The monoisotopic (exact) mass is 790 g/mol. The van der Waals surface area contributed by atoms with Crippen molar-refractivity contribution in [3.8, 4) is 62.7 Å². The van der Waals surface area contributed by atoms with Crippen molar-refractivity contribution in [1.29, 1.82) is 5.26 Å². The van der Waals surface area contributed by atoms with E-state index in [0.29, 0.717) is 23.0 Å². The Balaban J connectivity index is 1.18. The highest BCUT2D eigenvalue weighted by Crippen LogP contribution is 2.44. The fraction of sp³-hybridized carbons (Fsp3) is 0. The second-order valence-electron chi connectivity index (χ2n) is 15.5. The zero-order chi connectivity index (χ0) is 41.1. The molecule has 9 aromatic carbocycles. The van der Waals surface area contributed by atoms with Gasteiger partial charge in [0.15, 0.2) is 17.5 Å². The normalized spacial score (nSPS) is 11.5. The van der Waals surface area contributed by atoms with Crippen molar-refractivity contribution < 1.29 is 0 Å². The van der Waals surface area contributed by atoms with Gasteiger partial charge in [-0.3, -0.25) is 0 Å². The summed E-state index contributed by atoms with van der Waals surface area (Å²) >= 11 is 0. The fourth-order valence-electron chi connectivity index (χ4n) is 9.21. The number of aromatic nitrogens is 5. The second kappa shape index (κ2) is 14.3. The largest absolute Gasteiger partial charge is 0.309 e. The van der Waals surface area contributed by atoms with E-state index in [1.807, 2.05) is 78.9 Å². The summed E-state index contributed by atoms with van der Waals surface area (Å²) in [6, 6.07) is 73.8. The lowest BCUT2D eigenvalue weighted by atomic mass is 9.99. The molecule has 0 saturated carbocycles. The zero-order valence-corrected chi connectivity index (χ0v) is 33.3. The molecule has 0 spiro atoms. The average Bonchev–Trinajstić information content (AvgIpc) is 3.87. The number of benzene rings is 9. The van der Waals surface area contributed by atoms with Gasteiger partial charge in [-0.05, 0) is 70.4 Å². The van der Waals surface area contributed by atoms with Crippen LogP contribution >= 0.6 is 0 Å². The third-order valence-corrected chi connectivity index (χ3v) is 12.0. The highest BCUT2D eigenvalue weighted by molar-refractivity contribution is 6.26. The van der Waals surface area contributed by atoms with E-state index in [1.165, 1.54) is 10.8 Å². The Morgan fingerprint density at radius 3 is 1.77 bits per heavy atom. The van der Waals surface area contributed by atoms with Crippen LogP contribution in [0.5, 0.6) is 0 Å². The molecule has 6 nitrogen and oxygen atoms in total. The maximum Gasteiger partial charge on any atom is 0.166 e. The molecule has 0 amide bonds. The first kappa shape index (κ1) is 35.3. The van der Waals surface area contributed by atoms with Crippen LogP contribution in [0.1, 0.15) is 5.56 Å². The van der Waals surface area contributed by atoms with Crippen LogP contribution in [0.25, 0.3) is 111 Å². The standard InChI is InChI=1S/C56H34N6/c57-35-36-27-31-50(47(33-36)56-59-54(39-18-5-2-6-19-39)58-55(60-56)45-23-10-9-21-42(45)38-16-3-1-4-17-38)62-48-25-13-11-22-43(48)44-30-32-51-52(53(44)62)46-24-12-14-26-49(46)61(51)41-29-28-37-15-7-8-20-40(37)34-41/h1-34H. The summed E-state index contributed by atoms with van der Waals surface area (Å²) in [5, 5.41) is 17.3. The van der Waals surface area contributed by atoms with Gasteiger partial charge in [0.2, 0.25) is 0 Å². The molecule has 0 atom stereocenters. The summed E-state index contributed by atoms with van der Waals surface area (Å²) in [6.07, 6.45) is 0. The highest BCUT2D eigenvalue weighted by atomic mass is 15.1. The van der Waals surface area contributed by atoms with Crippen LogP contribution in [0.4, 0.5) is 0 Å². The third kappa shape index (κ3) is 5.61. The van der Waals surface area contributed by atoms with Crippen LogP contribution in [0, 0.1) is 11.3 Å². The topological polar surface area (TPSA) is 72.3 Å². The Labute approximate surface area is 356 Å². The van der Waals surface area contributed by atoms with E-state index in [4.69, 9.17) is 15.0 Å². The van der Waals surface area contributed by atoms with Gasteiger partial charge in [0.05, 0.1) is 39.4 Å². The quantitative estimate of drug-likeness (QED) is 0.168. The van der Waals surface area contributed by atoms with Crippen molar-refractivity contribution in [2.75, 3.05) is 0 Å². The number of hydrogen-bond acceptors (Lipinski definition) is 4. The van der Waals surface area contributed by atoms with E-state index in [2.05, 4.69) is 143 Å². The first-order chi connectivity index (χ1) is 30.7. The molecule has 0 radical (unpaired) electrons. The average molecular weight is 791 g/mol. The predicted octanol–water partition coefficient (Wildman–Crippen LogP) is 13.8. The van der Waals surface area contributed by atoms with Crippen LogP contribution < -0.4 is 0 Å². The van der Waals surface area contributed by atoms with E-state index >= 15 is 0 Å². The Morgan fingerprint density at radius 2 is 1.00 bits per heavy atom. The van der Waals surface area contributed by atoms with E-state index in [0.717, 1.165) is 82.8 Å². The Morgan fingerprint density at radius 1 is 0.387 bits per heavy atom. The maximum atomic E-state index is 10.4. The van der Waals surface area contributed by atoms with Gasteiger partial charge >= 0.3 is 0 Å². The molecular weight excluding hydrogens is 757 g/mol. The zero-order valence-electron chi connectivity index (χ0n) is 33.3. The molecule has 12 rings (SSSR count). The maximum absolute atomic E-state index is 10.4. The summed E-state index contributed by atoms with van der Waals surface area (Å²) in [6.45, 7) is 0. The van der Waals surface area contributed by atoms with Crippen LogP contribution in [0.2, 0.25) is 0 Å². The Hall–Kier alpha value is -8.66. The molecule has 0 fully saturated rings. The molecule has 0 aliphatic carbocycles. The fourth-order valence-corrected chi connectivity index (χ4v) is 9.21. The van der Waals surface area contributed by atoms with E-state index in [-0.39, 0.29) is 0 Å². The Bertz CT molecular complexity index is 3760. The number of rotatable bonds is 6. The molecule has 62 heavy (non-hydrogen) atoms. The lowest BCUT2D eigenvalue weighted by molar-refractivity contribution is 1.06. The molecule has 0 saturated heterocycles. The van der Waals surface area contributed by atoms with Crippen molar-refractivity contribution in [2.24, 2.45) is 0 Å². The molecule has 0 unspecified atom stereocenters. The summed E-state index contributed by atoms with van der Waals surface area (Å²) in [5.41, 5.74) is 11.3. The minimum Gasteiger partial charge on any atom is -0.309 e. The van der Waals surface area contributed by atoms with Crippen molar-refractivity contribution in [3.63, 3.8) is 0 Å². The molecular formula is C56H34N6. The minimum atomic E-state index is 0.473. The van der Waals surface area contributed by atoms with Crippen LogP contribution in [-0.4, -0.2) is 24.1 Å². The SMILES string of the molecule is N#Cc1ccc(-n2c3ccccc3c3ccc4c(c5ccccc5n4-c4ccc5ccccc5c4)c32)c(-c2nc(-c3ccccc3)nc(-c3ccccc3-c3ccccc3)n2)c1.